The van der Waals surface area contributed by atoms with Gasteiger partial charge in [0.25, 0.3) is 5.78 Å². The fraction of sp³-hybridized carbons (Fsp3) is 0.440. The van der Waals surface area contributed by atoms with Crippen molar-refractivity contribution in [2.75, 3.05) is 68.5 Å². The van der Waals surface area contributed by atoms with Crippen molar-refractivity contribution < 1.29 is 13.9 Å². The van der Waals surface area contributed by atoms with E-state index >= 15 is 0 Å². The number of methoxy groups -OCH3 is 1. The number of hydrogen-bond donors (Lipinski definition) is 1. The van der Waals surface area contributed by atoms with Crippen LogP contribution in [0.4, 0.5) is 17.6 Å². The molecule has 0 aliphatic carbocycles. The van der Waals surface area contributed by atoms with E-state index in [1.807, 2.05) is 6.07 Å². The summed E-state index contributed by atoms with van der Waals surface area (Å²) < 4.78 is 11.8. The van der Waals surface area contributed by atoms with Crippen LogP contribution < -0.4 is 15.5 Å². The highest BCUT2D eigenvalue weighted by atomic mass is 16.5. The Morgan fingerprint density at radius 1 is 1.13 bits per heavy atom. The van der Waals surface area contributed by atoms with Gasteiger partial charge in [0.15, 0.2) is 5.76 Å². The zero-order valence-corrected chi connectivity index (χ0v) is 21.2. The molecule has 1 atom stereocenters. The molecule has 38 heavy (non-hydrogen) atoms. The Morgan fingerprint density at radius 2 is 2.00 bits per heavy atom. The summed E-state index contributed by atoms with van der Waals surface area (Å²) in [7, 11) is 1.40. The summed E-state index contributed by atoms with van der Waals surface area (Å²) in [5.74, 6) is 2.34. The van der Waals surface area contributed by atoms with Crippen molar-refractivity contribution in [2.24, 2.45) is 5.92 Å². The number of rotatable bonds is 6. The van der Waals surface area contributed by atoms with Gasteiger partial charge in [-0.05, 0) is 37.0 Å². The van der Waals surface area contributed by atoms with E-state index in [0.29, 0.717) is 34.8 Å². The molecule has 0 spiro atoms. The van der Waals surface area contributed by atoms with Crippen LogP contribution in [0.2, 0.25) is 0 Å². The highest BCUT2D eigenvalue weighted by molar-refractivity contribution is 5.95. The second-order valence-corrected chi connectivity index (χ2v) is 9.63. The molecule has 13 heteroatoms. The van der Waals surface area contributed by atoms with E-state index in [-0.39, 0.29) is 11.9 Å². The smallest absolute Gasteiger partial charge is 0.341 e. The van der Waals surface area contributed by atoms with Crippen LogP contribution >= 0.6 is 0 Å². The molecular formula is C25H30N10O3. The number of fused-ring (bicyclic) bond motifs is 1. The number of aromatic nitrogens is 6. The number of furan rings is 1. The summed E-state index contributed by atoms with van der Waals surface area (Å²) in [4.78, 5) is 36.9. The normalized spacial score (nSPS) is 18.7. The number of ether oxygens (including phenoxy) is 1. The molecule has 198 valence electrons. The van der Waals surface area contributed by atoms with Gasteiger partial charge in [0, 0.05) is 58.2 Å². The number of carbonyl (C=O) groups excluding carboxylic acids is 1. The van der Waals surface area contributed by atoms with Gasteiger partial charge in [-0.25, -0.2) is 4.79 Å². The van der Waals surface area contributed by atoms with Gasteiger partial charge in [-0.2, -0.15) is 19.5 Å². The van der Waals surface area contributed by atoms with Crippen molar-refractivity contribution in [3.63, 3.8) is 0 Å². The molecule has 0 aromatic carbocycles. The zero-order chi connectivity index (χ0) is 26.1. The van der Waals surface area contributed by atoms with Crippen LogP contribution in [0.15, 0.2) is 41.3 Å². The highest BCUT2D eigenvalue weighted by Crippen LogP contribution is 2.26. The van der Waals surface area contributed by atoms with Crippen LogP contribution in [0.5, 0.6) is 0 Å². The number of anilines is 3. The standard InChI is InChI=1S/C25H30N10O3/c1-37-22(36)18-14-27-7-6-19(18)33-11-9-32(10-12-33)15-17-4-2-8-34(16-17)24-29-23(26)35-25(30-24)28-21(31-35)20-5-3-13-38-20/h3,5-7,13-14,17H,2,4,8-12,15-16H2,1H3,(H2,26,28,29,30,31)/t17-/m0/s1. The van der Waals surface area contributed by atoms with Gasteiger partial charge in [0.1, 0.15) is 5.56 Å². The minimum atomic E-state index is -0.359. The summed E-state index contributed by atoms with van der Waals surface area (Å²) in [5.41, 5.74) is 7.60. The number of hydrogen-bond acceptors (Lipinski definition) is 12. The lowest BCUT2D eigenvalue weighted by Crippen LogP contribution is -2.50. The number of esters is 1. The van der Waals surface area contributed by atoms with Gasteiger partial charge < -0.3 is 24.7 Å². The Hall–Kier alpha value is -4.26. The summed E-state index contributed by atoms with van der Waals surface area (Å²) in [5, 5.41) is 4.38. The molecule has 0 unspecified atom stereocenters. The van der Waals surface area contributed by atoms with Gasteiger partial charge in [-0.15, -0.1) is 5.10 Å². The van der Waals surface area contributed by atoms with Crippen molar-refractivity contribution in [3.8, 4) is 11.6 Å². The lowest BCUT2D eigenvalue weighted by atomic mass is 9.97. The van der Waals surface area contributed by atoms with Crippen molar-refractivity contribution in [3.05, 3.63) is 42.4 Å². The molecule has 0 amide bonds. The molecule has 4 aromatic heterocycles. The van der Waals surface area contributed by atoms with E-state index in [9.17, 15) is 4.79 Å². The number of pyridine rings is 1. The van der Waals surface area contributed by atoms with Gasteiger partial charge in [-0.1, -0.05) is 0 Å². The van der Waals surface area contributed by atoms with Crippen molar-refractivity contribution in [1.29, 1.82) is 0 Å². The summed E-state index contributed by atoms with van der Waals surface area (Å²) >= 11 is 0. The molecule has 2 aliphatic heterocycles. The summed E-state index contributed by atoms with van der Waals surface area (Å²) in [6.07, 6.45) is 7.08. The van der Waals surface area contributed by atoms with E-state index in [0.717, 1.165) is 64.3 Å². The topological polar surface area (TPSA) is 144 Å². The van der Waals surface area contributed by atoms with Gasteiger partial charge in [0.2, 0.25) is 17.7 Å². The van der Waals surface area contributed by atoms with Crippen molar-refractivity contribution >= 4 is 29.3 Å². The Bertz CT molecular complexity index is 1410. The average molecular weight is 519 g/mol. The number of nitrogens with two attached hydrogens (primary N) is 1. The minimum absolute atomic E-state index is 0.246. The van der Waals surface area contributed by atoms with E-state index in [2.05, 4.69) is 39.7 Å². The SMILES string of the molecule is COC(=O)c1cnccc1N1CCN(C[C@@H]2CCCN(c3nc(N)n4nc(-c5ccco5)nc4n3)C2)CC1. The lowest BCUT2D eigenvalue weighted by molar-refractivity contribution is 0.0600. The Kier molecular flexibility index (Phi) is 6.50. The first-order valence-corrected chi connectivity index (χ1v) is 12.8. The number of carbonyl (C=O) groups is 1. The molecule has 2 saturated heterocycles. The van der Waals surface area contributed by atoms with Crippen LogP contribution in [-0.4, -0.2) is 93.3 Å². The van der Waals surface area contributed by atoms with E-state index < -0.39 is 0 Å². The number of nitrogens with zero attached hydrogens (tertiary/aromatic N) is 9. The summed E-state index contributed by atoms with van der Waals surface area (Å²) in [6, 6.07) is 5.47. The fourth-order valence-electron chi connectivity index (χ4n) is 5.31. The molecule has 4 aromatic rings. The first kappa shape index (κ1) is 24.1. The van der Waals surface area contributed by atoms with E-state index in [1.54, 1.807) is 30.8 Å². The highest BCUT2D eigenvalue weighted by Gasteiger charge is 2.28. The van der Waals surface area contributed by atoms with E-state index in [1.165, 1.54) is 11.6 Å². The lowest BCUT2D eigenvalue weighted by Gasteiger charge is -2.40. The zero-order valence-electron chi connectivity index (χ0n) is 21.2. The predicted molar refractivity (Wildman–Crippen MR) is 140 cm³/mol. The minimum Gasteiger partial charge on any atom is -0.465 e. The second-order valence-electron chi connectivity index (χ2n) is 9.63. The largest absolute Gasteiger partial charge is 0.465 e. The number of piperidine rings is 1. The molecule has 6 rings (SSSR count). The Balaban J connectivity index is 1.09. The molecule has 0 radical (unpaired) electrons. The van der Waals surface area contributed by atoms with Crippen molar-refractivity contribution in [2.45, 2.75) is 12.8 Å². The number of piperazine rings is 1. The first-order chi connectivity index (χ1) is 18.6. The van der Waals surface area contributed by atoms with E-state index in [4.69, 9.17) is 14.9 Å². The third-order valence-corrected chi connectivity index (χ3v) is 7.20. The molecule has 0 bridgehead atoms. The average Bonchev–Trinajstić information content (AvgIpc) is 3.64. The number of nitrogen functional groups attached to an aromatic ring is 1. The predicted octanol–water partition coefficient (Wildman–Crippen LogP) is 1.58. The van der Waals surface area contributed by atoms with Crippen LogP contribution in [0.1, 0.15) is 23.2 Å². The van der Waals surface area contributed by atoms with Crippen molar-refractivity contribution in [1.82, 2.24) is 34.4 Å². The molecular weight excluding hydrogens is 488 g/mol. The van der Waals surface area contributed by atoms with Crippen LogP contribution in [-0.2, 0) is 4.74 Å². The first-order valence-electron chi connectivity index (χ1n) is 12.8. The van der Waals surface area contributed by atoms with Gasteiger partial charge in [0.05, 0.1) is 19.1 Å². The molecule has 2 fully saturated rings. The quantitative estimate of drug-likeness (QED) is 0.370. The monoisotopic (exact) mass is 518 g/mol. The molecule has 2 aliphatic rings. The Labute approximate surface area is 219 Å². The maximum absolute atomic E-state index is 12.2. The third-order valence-electron chi connectivity index (χ3n) is 7.20. The maximum Gasteiger partial charge on any atom is 0.341 e. The third kappa shape index (κ3) is 4.72. The molecule has 6 heterocycles. The fourth-order valence-corrected chi connectivity index (χ4v) is 5.31. The molecule has 13 nitrogen and oxygen atoms in total. The summed E-state index contributed by atoms with van der Waals surface area (Å²) in [6.45, 7) is 6.24. The maximum atomic E-state index is 12.2. The van der Waals surface area contributed by atoms with Gasteiger partial charge >= 0.3 is 5.97 Å². The molecule has 2 N–H and O–H groups in total. The van der Waals surface area contributed by atoms with Crippen LogP contribution in [0, 0.1) is 5.92 Å². The van der Waals surface area contributed by atoms with Crippen LogP contribution in [0.25, 0.3) is 17.4 Å². The van der Waals surface area contributed by atoms with Crippen LogP contribution in [0.3, 0.4) is 0 Å². The molecule has 0 saturated carbocycles. The van der Waals surface area contributed by atoms with Gasteiger partial charge in [-0.3, -0.25) is 9.88 Å². The Morgan fingerprint density at radius 3 is 2.79 bits per heavy atom. The second kappa shape index (κ2) is 10.2.